The molecule has 0 aliphatic rings. The monoisotopic (exact) mass is 180 g/mol. The van der Waals surface area contributed by atoms with Crippen LogP contribution in [0.2, 0.25) is 0 Å². The molecule has 0 aromatic heterocycles. The number of hydrogen-bond donors (Lipinski definition) is 0. The molecule has 0 saturated heterocycles. The first-order valence-corrected chi connectivity index (χ1v) is 4.50. The van der Waals surface area contributed by atoms with E-state index in [1.165, 1.54) is 0 Å². The number of hydrogen-bond acceptors (Lipinski definition) is 0. The van der Waals surface area contributed by atoms with Crippen molar-refractivity contribution >= 4 is 16.6 Å². The lowest BCUT2D eigenvalue weighted by Gasteiger charge is -2.00. The van der Waals surface area contributed by atoms with E-state index >= 15 is 0 Å². The van der Waals surface area contributed by atoms with Crippen molar-refractivity contribution in [3.63, 3.8) is 0 Å². The van der Waals surface area contributed by atoms with Crippen molar-refractivity contribution in [2.75, 3.05) is 0 Å². The maximum Gasteiger partial charge on any atom is 0.0441 e. The Morgan fingerprint density at radius 2 is 1.83 bits per heavy atom. The number of benzene rings is 1. The van der Waals surface area contributed by atoms with Crippen LogP contribution in [0.1, 0.15) is 19.4 Å². The molecule has 1 rings (SSSR count). The van der Waals surface area contributed by atoms with Crippen LogP contribution in [0.4, 0.5) is 0 Å². The van der Waals surface area contributed by atoms with Crippen molar-refractivity contribution in [3.05, 3.63) is 42.0 Å². The van der Waals surface area contributed by atoms with Gasteiger partial charge in [0.2, 0.25) is 0 Å². The quantitative estimate of drug-likeness (QED) is 0.647. The van der Waals surface area contributed by atoms with E-state index in [9.17, 15) is 0 Å². The van der Waals surface area contributed by atoms with Crippen LogP contribution in [0.15, 0.2) is 36.4 Å². The fourth-order valence-electron chi connectivity index (χ4n) is 0.986. The summed E-state index contributed by atoms with van der Waals surface area (Å²) in [6.07, 6.45) is 2.05. The van der Waals surface area contributed by atoms with Gasteiger partial charge in [0.05, 0.1) is 0 Å². The molecular formula is C11H13Cl. The van der Waals surface area contributed by atoms with Gasteiger partial charge >= 0.3 is 0 Å². The van der Waals surface area contributed by atoms with Gasteiger partial charge < -0.3 is 0 Å². The zero-order chi connectivity index (χ0) is 8.97. The summed E-state index contributed by atoms with van der Waals surface area (Å²) in [5.41, 5.74) is 1.09. The van der Waals surface area contributed by atoms with Crippen molar-refractivity contribution in [2.24, 2.45) is 5.92 Å². The van der Waals surface area contributed by atoms with E-state index in [2.05, 4.69) is 19.9 Å². The SMILES string of the molecule is CC(C)/C=C(/Cl)c1ccccc1. The van der Waals surface area contributed by atoms with Gasteiger partial charge in [0.25, 0.3) is 0 Å². The summed E-state index contributed by atoms with van der Waals surface area (Å²) in [5, 5.41) is 0.839. The number of allylic oxidation sites excluding steroid dienone is 1. The average Bonchev–Trinajstić information content (AvgIpc) is 2.05. The van der Waals surface area contributed by atoms with Gasteiger partial charge in [0.1, 0.15) is 0 Å². The molecule has 0 nitrogen and oxygen atoms in total. The molecule has 1 aromatic carbocycles. The molecule has 0 N–H and O–H groups in total. The minimum atomic E-state index is 0.498. The van der Waals surface area contributed by atoms with Gasteiger partial charge in [-0.1, -0.05) is 61.9 Å². The van der Waals surface area contributed by atoms with E-state index in [1.807, 2.05) is 30.3 Å². The van der Waals surface area contributed by atoms with Crippen LogP contribution in [-0.4, -0.2) is 0 Å². The van der Waals surface area contributed by atoms with Crippen LogP contribution < -0.4 is 0 Å². The predicted octanol–water partition coefficient (Wildman–Crippen LogP) is 3.92. The van der Waals surface area contributed by atoms with E-state index in [4.69, 9.17) is 11.6 Å². The van der Waals surface area contributed by atoms with Crippen LogP contribution in [0.3, 0.4) is 0 Å². The molecule has 0 bridgehead atoms. The molecule has 0 radical (unpaired) electrons. The Balaban J connectivity index is 2.85. The minimum Gasteiger partial charge on any atom is -0.0840 e. The van der Waals surface area contributed by atoms with Crippen LogP contribution in [0.25, 0.3) is 5.03 Å². The zero-order valence-corrected chi connectivity index (χ0v) is 8.18. The maximum absolute atomic E-state index is 6.06. The molecular weight excluding hydrogens is 168 g/mol. The highest BCUT2D eigenvalue weighted by atomic mass is 35.5. The molecule has 0 aliphatic carbocycles. The second-order valence-electron chi connectivity index (χ2n) is 3.12. The lowest BCUT2D eigenvalue weighted by Crippen LogP contribution is -1.81. The Labute approximate surface area is 78.9 Å². The van der Waals surface area contributed by atoms with Crippen molar-refractivity contribution in [3.8, 4) is 0 Å². The third-order valence-corrected chi connectivity index (χ3v) is 1.87. The molecule has 0 spiro atoms. The third kappa shape index (κ3) is 2.71. The summed E-state index contributed by atoms with van der Waals surface area (Å²) in [4.78, 5) is 0. The highest BCUT2D eigenvalue weighted by molar-refractivity contribution is 6.48. The standard InChI is InChI=1S/C11H13Cl/c1-9(2)8-11(12)10-6-4-3-5-7-10/h3-9H,1-2H3/b11-8+. The summed E-state index contributed by atoms with van der Waals surface area (Å²) < 4.78 is 0. The highest BCUT2D eigenvalue weighted by Gasteiger charge is 1.96. The Bertz CT molecular complexity index is 260. The van der Waals surface area contributed by atoms with E-state index in [-0.39, 0.29) is 0 Å². The van der Waals surface area contributed by atoms with Crippen LogP contribution in [-0.2, 0) is 0 Å². The van der Waals surface area contributed by atoms with Crippen molar-refractivity contribution in [1.29, 1.82) is 0 Å². The molecule has 0 amide bonds. The smallest absolute Gasteiger partial charge is 0.0441 e. The molecule has 0 saturated carbocycles. The van der Waals surface area contributed by atoms with Crippen LogP contribution >= 0.6 is 11.6 Å². The second kappa shape index (κ2) is 4.32. The zero-order valence-electron chi connectivity index (χ0n) is 7.42. The van der Waals surface area contributed by atoms with Crippen molar-refractivity contribution in [1.82, 2.24) is 0 Å². The number of rotatable bonds is 2. The van der Waals surface area contributed by atoms with Gasteiger partial charge in [-0.05, 0) is 11.5 Å². The van der Waals surface area contributed by atoms with Crippen LogP contribution in [0, 0.1) is 5.92 Å². The Morgan fingerprint density at radius 3 is 2.33 bits per heavy atom. The fourth-order valence-corrected chi connectivity index (χ4v) is 1.36. The Kier molecular flexibility index (Phi) is 3.36. The predicted molar refractivity (Wildman–Crippen MR) is 55.1 cm³/mol. The first-order valence-electron chi connectivity index (χ1n) is 4.13. The number of halogens is 1. The second-order valence-corrected chi connectivity index (χ2v) is 3.53. The molecule has 1 heteroatoms. The summed E-state index contributed by atoms with van der Waals surface area (Å²) >= 11 is 6.06. The Hall–Kier alpha value is -0.750. The molecule has 12 heavy (non-hydrogen) atoms. The molecule has 0 unspecified atom stereocenters. The summed E-state index contributed by atoms with van der Waals surface area (Å²) in [5.74, 6) is 0.498. The Morgan fingerprint density at radius 1 is 1.25 bits per heavy atom. The largest absolute Gasteiger partial charge is 0.0840 e. The van der Waals surface area contributed by atoms with Gasteiger partial charge in [-0.2, -0.15) is 0 Å². The lowest BCUT2D eigenvalue weighted by molar-refractivity contribution is 0.835. The fraction of sp³-hybridized carbons (Fsp3) is 0.273. The van der Waals surface area contributed by atoms with E-state index in [1.54, 1.807) is 0 Å². The molecule has 0 fully saturated rings. The van der Waals surface area contributed by atoms with Crippen molar-refractivity contribution in [2.45, 2.75) is 13.8 Å². The van der Waals surface area contributed by atoms with Gasteiger partial charge in [-0.25, -0.2) is 0 Å². The van der Waals surface area contributed by atoms with E-state index < -0.39 is 0 Å². The maximum atomic E-state index is 6.06. The molecule has 0 atom stereocenters. The van der Waals surface area contributed by atoms with Gasteiger partial charge in [0, 0.05) is 5.03 Å². The lowest BCUT2D eigenvalue weighted by atomic mass is 10.1. The average molecular weight is 181 g/mol. The molecule has 0 aliphatic heterocycles. The van der Waals surface area contributed by atoms with Gasteiger partial charge in [0.15, 0.2) is 0 Å². The highest BCUT2D eigenvalue weighted by Crippen LogP contribution is 2.19. The third-order valence-electron chi connectivity index (χ3n) is 1.53. The van der Waals surface area contributed by atoms with E-state index in [0.717, 1.165) is 10.6 Å². The van der Waals surface area contributed by atoms with E-state index in [0.29, 0.717) is 5.92 Å². The minimum absolute atomic E-state index is 0.498. The first-order chi connectivity index (χ1) is 5.70. The van der Waals surface area contributed by atoms with Crippen LogP contribution in [0.5, 0.6) is 0 Å². The molecule has 64 valence electrons. The van der Waals surface area contributed by atoms with Gasteiger partial charge in [-0.3, -0.25) is 0 Å². The normalized spacial score (nSPS) is 12.2. The summed E-state index contributed by atoms with van der Waals surface area (Å²) in [6.45, 7) is 4.23. The first kappa shape index (κ1) is 9.34. The molecule has 0 heterocycles. The van der Waals surface area contributed by atoms with Crippen molar-refractivity contribution < 1.29 is 0 Å². The molecule has 1 aromatic rings. The van der Waals surface area contributed by atoms with Gasteiger partial charge in [-0.15, -0.1) is 0 Å². The summed E-state index contributed by atoms with van der Waals surface area (Å²) in [6, 6.07) is 10.0. The topological polar surface area (TPSA) is 0 Å². The summed E-state index contributed by atoms with van der Waals surface area (Å²) in [7, 11) is 0.